The average Bonchev–Trinajstić information content (AvgIpc) is 3.52. The summed E-state index contributed by atoms with van der Waals surface area (Å²) in [6.45, 7) is 3.38. The van der Waals surface area contributed by atoms with Crippen LogP contribution < -0.4 is 10.6 Å². The number of fused-ring (bicyclic) bond motifs is 1. The standard InChI is InChI=1S/C26H28N6O4/c1-17(33)23-13-18-12-20(7-8-22(18)36-23)29-25(19(14-27)15-28)30-21-6-2-3-11-32(26(21)35)16-24(34)31-9-4-5-10-31/h7-8,12-13,21,29-30H,2-6,9-11,16H2,1H3. The van der Waals surface area contributed by atoms with Gasteiger partial charge in [-0.3, -0.25) is 14.4 Å². The predicted molar refractivity (Wildman–Crippen MR) is 131 cm³/mol. The number of likely N-dealkylation sites (tertiary alicyclic amines) is 2. The minimum absolute atomic E-state index is 0.0302. The van der Waals surface area contributed by atoms with Crippen molar-refractivity contribution >= 4 is 34.3 Å². The van der Waals surface area contributed by atoms with E-state index in [4.69, 9.17) is 4.42 Å². The number of carbonyl (C=O) groups is 3. The number of allylic oxidation sites excluding steroid dienone is 1. The van der Waals surface area contributed by atoms with Crippen LogP contribution in [-0.4, -0.2) is 59.6 Å². The third kappa shape index (κ3) is 5.49. The van der Waals surface area contributed by atoms with E-state index in [1.165, 1.54) is 6.92 Å². The molecular formula is C26H28N6O4. The first-order valence-corrected chi connectivity index (χ1v) is 12.1. The largest absolute Gasteiger partial charge is 0.453 e. The smallest absolute Gasteiger partial charge is 0.245 e. The van der Waals surface area contributed by atoms with E-state index < -0.39 is 6.04 Å². The first-order valence-electron chi connectivity index (χ1n) is 12.1. The van der Waals surface area contributed by atoms with Crippen molar-refractivity contribution in [3.05, 3.63) is 41.4 Å². The van der Waals surface area contributed by atoms with Gasteiger partial charge in [-0.25, -0.2) is 0 Å². The van der Waals surface area contributed by atoms with Crippen LogP contribution in [0, 0.1) is 22.7 Å². The lowest BCUT2D eigenvalue weighted by Gasteiger charge is -2.27. The van der Waals surface area contributed by atoms with Gasteiger partial charge in [-0.05, 0) is 56.4 Å². The molecule has 1 atom stereocenters. The van der Waals surface area contributed by atoms with Gasteiger partial charge in [0, 0.05) is 37.6 Å². The number of ketones is 1. The lowest BCUT2D eigenvalue weighted by molar-refractivity contribution is -0.140. The van der Waals surface area contributed by atoms with Gasteiger partial charge in [-0.15, -0.1) is 0 Å². The third-order valence-electron chi connectivity index (χ3n) is 6.49. The Morgan fingerprint density at radius 2 is 1.81 bits per heavy atom. The van der Waals surface area contributed by atoms with E-state index in [9.17, 15) is 24.9 Å². The number of amides is 2. The Kier molecular flexibility index (Phi) is 7.55. The maximum absolute atomic E-state index is 13.4. The summed E-state index contributed by atoms with van der Waals surface area (Å²) in [5.74, 6) is -0.132. The number of carbonyl (C=O) groups excluding carboxylic acids is 3. The van der Waals surface area contributed by atoms with Crippen LogP contribution in [0.1, 0.15) is 49.6 Å². The van der Waals surface area contributed by atoms with Gasteiger partial charge >= 0.3 is 0 Å². The lowest BCUT2D eigenvalue weighted by Crippen LogP contribution is -2.49. The normalized spacial score (nSPS) is 17.8. The van der Waals surface area contributed by atoms with Gasteiger partial charge in [0.15, 0.2) is 17.1 Å². The summed E-state index contributed by atoms with van der Waals surface area (Å²) in [7, 11) is 0. The monoisotopic (exact) mass is 488 g/mol. The van der Waals surface area contributed by atoms with Gasteiger partial charge in [0.1, 0.15) is 29.6 Å². The van der Waals surface area contributed by atoms with Crippen molar-refractivity contribution in [3.8, 4) is 12.1 Å². The summed E-state index contributed by atoms with van der Waals surface area (Å²) in [6.07, 6.45) is 3.99. The molecule has 2 aliphatic rings. The minimum atomic E-state index is -0.694. The second kappa shape index (κ2) is 11.0. The Balaban J connectivity index is 1.54. The Morgan fingerprint density at radius 1 is 1.08 bits per heavy atom. The van der Waals surface area contributed by atoms with Crippen LogP contribution >= 0.6 is 0 Å². The van der Waals surface area contributed by atoms with Crippen LogP contribution in [0.25, 0.3) is 11.0 Å². The Bertz CT molecular complexity index is 1280. The summed E-state index contributed by atoms with van der Waals surface area (Å²) >= 11 is 0. The third-order valence-corrected chi connectivity index (χ3v) is 6.49. The van der Waals surface area contributed by atoms with E-state index in [2.05, 4.69) is 10.6 Å². The molecule has 2 N–H and O–H groups in total. The number of hydrogen-bond donors (Lipinski definition) is 2. The van der Waals surface area contributed by atoms with Crippen molar-refractivity contribution in [1.82, 2.24) is 15.1 Å². The number of rotatable bonds is 7. The number of Topliss-reactive ketones (excluding diaryl/α,β-unsaturated/α-hetero) is 1. The van der Waals surface area contributed by atoms with Gasteiger partial charge in [-0.1, -0.05) is 0 Å². The van der Waals surface area contributed by atoms with E-state index in [1.807, 2.05) is 12.1 Å². The van der Waals surface area contributed by atoms with E-state index in [0.717, 1.165) is 38.8 Å². The zero-order valence-electron chi connectivity index (χ0n) is 20.2. The number of hydrogen-bond acceptors (Lipinski definition) is 8. The van der Waals surface area contributed by atoms with Crippen molar-refractivity contribution < 1.29 is 18.8 Å². The molecule has 1 unspecified atom stereocenters. The van der Waals surface area contributed by atoms with E-state index in [-0.39, 0.29) is 41.3 Å². The van der Waals surface area contributed by atoms with Crippen molar-refractivity contribution in [2.45, 2.75) is 45.1 Å². The fourth-order valence-electron chi connectivity index (χ4n) is 4.55. The van der Waals surface area contributed by atoms with Gasteiger partial charge in [-0.2, -0.15) is 10.5 Å². The molecule has 0 spiro atoms. The van der Waals surface area contributed by atoms with E-state index in [0.29, 0.717) is 29.6 Å². The summed E-state index contributed by atoms with van der Waals surface area (Å²) in [5.41, 5.74) is 0.872. The molecule has 2 aliphatic heterocycles. The fourth-order valence-corrected chi connectivity index (χ4v) is 4.55. The van der Waals surface area contributed by atoms with Crippen LogP contribution in [0.4, 0.5) is 5.69 Å². The zero-order chi connectivity index (χ0) is 25.7. The van der Waals surface area contributed by atoms with Crippen molar-refractivity contribution in [2.24, 2.45) is 0 Å². The van der Waals surface area contributed by atoms with Crippen LogP contribution in [0.2, 0.25) is 0 Å². The molecule has 0 bridgehead atoms. The molecule has 4 rings (SSSR count). The molecule has 2 fully saturated rings. The molecule has 10 nitrogen and oxygen atoms in total. The van der Waals surface area contributed by atoms with Gasteiger partial charge in [0.2, 0.25) is 11.8 Å². The zero-order valence-corrected chi connectivity index (χ0v) is 20.2. The molecule has 36 heavy (non-hydrogen) atoms. The molecule has 0 radical (unpaired) electrons. The van der Waals surface area contributed by atoms with E-state index in [1.54, 1.807) is 34.1 Å². The molecule has 2 saturated heterocycles. The number of nitrogens with one attached hydrogen (secondary N) is 2. The number of furan rings is 1. The summed E-state index contributed by atoms with van der Waals surface area (Å²) < 4.78 is 5.52. The highest BCUT2D eigenvalue weighted by Gasteiger charge is 2.31. The van der Waals surface area contributed by atoms with Gasteiger partial charge < -0.3 is 24.9 Å². The second-order valence-corrected chi connectivity index (χ2v) is 9.06. The molecule has 10 heteroatoms. The maximum Gasteiger partial charge on any atom is 0.245 e. The molecule has 3 heterocycles. The van der Waals surface area contributed by atoms with Crippen LogP contribution in [0.15, 0.2) is 40.1 Å². The SMILES string of the molecule is CC(=O)c1cc2cc(NC(NC3CCCCN(CC(=O)N4CCCC4)C3=O)=C(C#N)C#N)ccc2o1. The lowest BCUT2D eigenvalue weighted by atomic mass is 10.1. The predicted octanol–water partition coefficient (Wildman–Crippen LogP) is 2.90. The highest BCUT2D eigenvalue weighted by atomic mass is 16.3. The first-order chi connectivity index (χ1) is 17.4. The average molecular weight is 489 g/mol. The van der Waals surface area contributed by atoms with Gasteiger partial charge in [0.05, 0.1) is 6.54 Å². The van der Waals surface area contributed by atoms with Gasteiger partial charge in [0.25, 0.3) is 0 Å². The number of nitrogens with zero attached hydrogens (tertiary/aromatic N) is 4. The second-order valence-electron chi connectivity index (χ2n) is 9.06. The highest BCUT2D eigenvalue weighted by molar-refractivity contribution is 5.96. The van der Waals surface area contributed by atoms with Crippen LogP contribution in [0.5, 0.6) is 0 Å². The molecule has 0 saturated carbocycles. The molecular weight excluding hydrogens is 460 g/mol. The quantitative estimate of drug-likeness (QED) is 0.447. The van der Waals surface area contributed by atoms with E-state index >= 15 is 0 Å². The molecule has 186 valence electrons. The molecule has 1 aromatic carbocycles. The topological polar surface area (TPSA) is 142 Å². The van der Waals surface area contributed by atoms with Crippen molar-refractivity contribution in [1.29, 1.82) is 10.5 Å². The fraction of sp³-hybridized carbons (Fsp3) is 0.423. The minimum Gasteiger partial charge on any atom is -0.453 e. The molecule has 0 aliphatic carbocycles. The maximum atomic E-state index is 13.4. The number of benzene rings is 1. The highest BCUT2D eigenvalue weighted by Crippen LogP contribution is 2.25. The van der Waals surface area contributed by atoms with Crippen LogP contribution in [-0.2, 0) is 9.59 Å². The number of nitriles is 2. The molecule has 1 aromatic heterocycles. The Morgan fingerprint density at radius 3 is 2.50 bits per heavy atom. The summed E-state index contributed by atoms with van der Waals surface area (Å²) in [5, 5.41) is 25.9. The Hall–Kier alpha value is -4.31. The summed E-state index contributed by atoms with van der Waals surface area (Å²) in [4.78, 5) is 41.0. The molecule has 2 amide bonds. The first kappa shape index (κ1) is 24.8. The summed E-state index contributed by atoms with van der Waals surface area (Å²) in [6, 6.07) is 9.79. The molecule has 2 aromatic rings. The van der Waals surface area contributed by atoms with Crippen molar-refractivity contribution in [2.75, 3.05) is 31.5 Å². The van der Waals surface area contributed by atoms with Crippen molar-refractivity contribution in [3.63, 3.8) is 0 Å². The van der Waals surface area contributed by atoms with Crippen LogP contribution in [0.3, 0.4) is 0 Å². The number of anilines is 1. The Labute approximate surface area is 209 Å².